The highest BCUT2D eigenvalue weighted by Crippen LogP contribution is 2.24. The van der Waals surface area contributed by atoms with Crippen LogP contribution in [0, 0.1) is 13.8 Å². The molecule has 0 aliphatic carbocycles. The number of aromatic nitrogens is 5. The Morgan fingerprint density at radius 3 is 2.48 bits per heavy atom. The van der Waals surface area contributed by atoms with Crippen LogP contribution >= 0.6 is 23.5 Å². The number of hydrogen-bond acceptors (Lipinski definition) is 7. The zero-order valence-electron chi connectivity index (χ0n) is 19.5. The highest BCUT2D eigenvalue weighted by Gasteiger charge is 2.15. The third-order valence-electron chi connectivity index (χ3n) is 5.11. The molecular weight excluding hydrogens is 452 g/mol. The van der Waals surface area contributed by atoms with Crippen LogP contribution < -0.4 is 5.32 Å². The lowest BCUT2D eigenvalue weighted by Crippen LogP contribution is -2.14. The number of nitrogens with one attached hydrogen (secondary N) is 1. The molecule has 9 heteroatoms. The Labute approximate surface area is 203 Å². The van der Waals surface area contributed by atoms with Crippen LogP contribution in [0.2, 0.25) is 0 Å². The van der Waals surface area contributed by atoms with Crippen molar-refractivity contribution in [2.45, 2.75) is 62.6 Å². The second kappa shape index (κ2) is 12.0. The minimum Gasteiger partial charge on any atom is -0.325 e. The quantitative estimate of drug-likeness (QED) is 0.222. The van der Waals surface area contributed by atoms with Gasteiger partial charge in [0.2, 0.25) is 5.91 Å². The molecule has 0 saturated carbocycles. The van der Waals surface area contributed by atoms with Gasteiger partial charge in [-0.25, -0.2) is 9.97 Å². The van der Waals surface area contributed by atoms with E-state index in [2.05, 4.69) is 58.0 Å². The first-order valence-corrected chi connectivity index (χ1v) is 12.9. The second-order valence-corrected chi connectivity index (χ2v) is 9.67. The summed E-state index contributed by atoms with van der Waals surface area (Å²) in [5, 5.41) is 13.0. The molecule has 0 fully saturated rings. The van der Waals surface area contributed by atoms with Gasteiger partial charge in [0, 0.05) is 23.6 Å². The molecule has 0 radical (unpaired) electrons. The number of benzene rings is 1. The summed E-state index contributed by atoms with van der Waals surface area (Å²) in [6.45, 7) is 12.7. The minimum absolute atomic E-state index is 0.0796. The average molecular weight is 483 g/mol. The van der Waals surface area contributed by atoms with Gasteiger partial charge in [-0.2, -0.15) is 0 Å². The maximum atomic E-state index is 12.5. The fraction of sp³-hybridized carbons (Fsp3) is 0.375. The minimum atomic E-state index is -0.0796. The normalized spacial score (nSPS) is 11.9. The summed E-state index contributed by atoms with van der Waals surface area (Å²) >= 11 is 2.88. The Kier molecular flexibility index (Phi) is 9.08. The van der Waals surface area contributed by atoms with Crippen LogP contribution in [0.3, 0.4) is 0 Å². The van der Waals surface area contributed by atoms with Crippen LogP contribution in [0.1, 0.15) is 49.0 Å². The first-order chi connectivity index (χ1) is 15.9. The van der Waals surface area contributed by atoms with Gasteiger partial charge >= 0.3 is 0 Å². The summed E-state index contributed by atoms with van der Waals surface area (Å²) in [5.41, 5.74) is 3.95. The SMILES string of the molecule is C=CCn1c(CSc2nc(C)cc(C)n2)nnc1SCC(=O)Nc1ccc(C(C)CC)cc1. The van der Waals surface area contributed by atoms with Crippen molar-refractivity contribution < 1.29 is 4.79 Å². The van der Waals surface area contributed by atoms with Gasteiger partial charge in [0.05, 0.1) is 11.5 Å². The summed E-state index contributed by atoms with van der Waals surface area (Å²) in [5.74, 6) is 2.06. The number of allylic oxidation sites excluding steroid dienone is 1. The Hall–Kier alpha value is -2.65. The van der Waals surface area contributed by atoms with Crippen LogP contribution in [0.5, 0.6) is 0 Å². The van der Waals surface area contributed by atoms with Crippen molar-refractivity contribution in [3.63, 3.8) is 0 Å². The topological polar surface area (TPSA) is 85.6 Å². The zero-order valence-corrected chi connectivity index (χ0v) is 21.2. The molecule has 0 spiro atoms. The van der Waals surface area contributed by atoms with E-state index in [-0.39, 0.29) is 11.7 Å². The number of carbonyl (C=O) groups excluding carboxylic acids is 1. The predicted octanol–water partition coefficient (Wildman–Crippen LogP) is 5.41. The monoisotopic (exact) mass is 482 g/mol. The predicted molar refractivity (Wildman–Crippen MR) is 136 cm³/mol. The van der Waals surface area contributed by atoms with Gasteiger partial charge in [0.15, 0.2) is 10.3 Å². The molecule has 0 saturated heterocycles. The van der Waals surface area contributed by atoms with Gasteiger partial charge in [-0.3, -0.25) is 4.79 Å². The molecule has 0 bridgehead atoms. The third-order valence-corrected chi connectivity index (χ3v) is 6.92. The third kappa shape index (κ3) is 7.17. The number of thioether (sulfide) groups is 2. The number of carbonyl (C=O) groups is 1. The summed E-state index contributed by atoms with van der Waals surface area (Å²) in [6.07, 6.45) is 2.89. The number of amides is 1. The molecule has 0 aliphatic heterocycles. The summed E-state index contributed by atoms with van der Waals surface area (Å²) in [4.78, 5) is 21.4. The van der Waals surface area contributed by atoms with Gasteiger partial charge in [0.1, 0.15) is 5.82 Å². The largest absolute Gasteiger partial charge is 0.325 e. The lowest BCUT2D eigenvalue weighted by molar-refractivity contribution is -0.113. The highest BCUT2D eigenvalue weighted by atomic mass is 32.2. The number of rotatable bonds is 11. The van der Waals surface area contributed by atoms with Gasteiger partial charge in [-0.15, -0.1) is 16.8 Å². The smallest absolute Gasteiger partial charge is 0.234 e. The van der Waals surface area contributed by atoms with E-state index < -0.39 is 0 Å². The highest BCUT2D eigenvalue weighted by molar-refractivity contribution is 7.99. The fourth-order valence-electron chi connectivity index (χ4n) is 3.19. The molecule has 174 valence electrons. The van der Waals surface area contributed by atoms with Crippen LogP contribution in [-0.2, 0) is 17.1 Å². The Balaban J connectivity index is 1.59. The standard InChI is InChI=1S/C24H30N6OS2/c1-6-12-30-21(14-32-23-25-17(4)13-18(5)26-23)28-29-24(30)33-15-22(31)27-20-10-8-19(9-11-20)16(3)7-2/h6,8-11,13,16H,1,7,12,14-15H2,2-5H3,(H,27,31). The number of hydrogen-bond donors (Lipinski definition) is 1. The lowest BCUT2D eigenvalue weighted by Gasteiger charge is -2.11. The summed E-state index contributed by atoms with van der Waals surface area (Å²) in [7, 11) is 0. The number of anilines is 1. The van der Waals surface area contributed by atoms with Crippen molar-refractivity contribution >= 4 is 35.1 Å². The molecule has 2 aromatic heterocycles. The van der Waals surface area contributed by atoms with Crippen LogP contribution in [-0.4, -0.2) is 36.4 Å². The van der Waals surface area contributed by atoms with Crippen molar-refractivity contribution in [3.05, 3.63) is 65.8 Å². The molecule has 1 amide bonds. The summed E-state index contributed by atoms with van der Waals surface area (Å²) < 4.78 is 1.97. The maximum Gasteiger partial charge on any atom is 0.234 e. The Morgan fingerprint density at radius 1 is 1.15 bits per heavy atom. The molecule has 1 aromatic carbocycles. The van der Waals surface area contributed by atoms with Crippen molar-refractivity contribution in [3.8, 4) is 0 Å². The van der Waals surface area contributed by atoms with Gasteiger partial charge in [-0.05, 0) is 49.9 Å². The van der Waals surface area contributed by atoms with Crippen molar-refractivity contribution in [2.75, 3.05) is 11.1 Å². The van der Waals surface area contributed by atoms with Crippen molar-refractivity contribution in [2.24, 2.45) is 0 Å². The first kappa shape index (κ1) is 25.0. The molecular formula is C24H30N6OS2. The van der Waals surface area contributed by atoms with E-state index in [0.29, 0.717) is 28.5 Å². The van der Waals surface area contributed by atoms with E-state index in [1.807, 2.05) is 36.6 Å². The number of nitrogens with zero attached hydrogens (tertiary/aromatic N) is 5. The molecule has 33 heavy (non-hydrogen) atoms. The van der Waals surface area contributed by atoms with E-state index in [4.69, 9.17) is 0 Å². The first-order valence-electron chi connectivity index (χ1n) is 10.9. The van der Waals surface area contributed by atoms with Crippen LogP contribution in [0.15, 0.2) is 53.3 Å². The number of aryl methyl sites for hydroxylation is 2. The molecule has 2 heterocycles. The van der Waals surface area contributed by atoms with Crippen molar-refractivity contribution in [1.82, 2.24) is 24.7 Å². The van der Waals surface area contributed by atoms with E-state index in [0.717, 1.165) is 29.3 Å². The van der Waals surface area contributed by atoms with Crippen molar-refractivity contribution in [1.29, 1.82) is 0 Å². The summed E-state index contributed by atoms with van der Waals surface area (Å²) in [6, 6.07) is 10.00. The Morgan fingerprint density at radius 2 is 1.85 bits per heavy atom. The molecule has 7 nitrogen and oxygen atoms in total. The Bertz CT molecular complexity index is 1080. The molecule has 1 atom stereocenters. The maximum absolute atomic E-state index is 12.5. The molecule has 3 aromatic rings. The van der Waals surface area contributed by atoms with Gasteiger partial charge in [-0.1, -0.05) is 55.6 Å². The van der Waals surface area contributed by atoms with E-state index >= 15 is 0 Å². The second-order valence-electron chi connectivity index (χ2n) is 7.79. The van der Waals surface area contributed by atoms with E-state index in [1.54, 1.807) is 6.08 Å². The lowest BCUT2D eigenvalue weighted by atomic mass is 9.99. The zero-order chi connectivity index (χ0) is 23.8. The molecule has 1 N–H and O–H groups in total. The molecule has 0 aliphatic rings. The van der Waals surface area contributed by atoms with Gasteiger partial charge < -0.3 is 9.88 Å². The average Bonchev–Trinajstić information content (AvgIpc) is 3.17. The van der Waals surface area contributed by atoms with E-state index in [1.165, 1.54) is 29.1 Å². The van der Waals surface area contributed by atoms with Crippen LogP contribution in [0.25, 0.3) is 0 Å². The van der Waals surface area contributed by atoms with E-state index in [9.17, 15) is 4.79 Å². The van der Waals surface area contributed by atoms with Gasteiger partial charge in [0.25, 0.3) is 0 Å². The van der Waals surface area contributed by atoms with Crippen LogP contribution in [0.4, 0.5) is 5.69 Å². The molecule has 1 unspecified atom stereocenters. The molecule has 3 rings (SSSR count). The fourth-order valence-corrected chi connectivity index (χ4v) is 4.85.